The number of anilines is 1. The van der Waals surface area contributed by atoms with E-state index < -0.39 is 7.25 Å². The fourth-order valence-electron chi connectivity index (χ4n) is 0.683. The Morgan fingerprint density at radius 3 is 2.70 bits per heavy atom. The number of rotatable bonds is 2. The van der Waals surface area contributed by atoms with Gasteiger partial charge < -0.3 is 0 Å². The Kier molecular flexibility index (Phi) is 2.48. The molecule has 0 fully saturated rings. The van der Waals surface area contributed by atoms with Gasteiger partial charge in [0.15, 0.2) is 0 Å². The second-order valence-electron chi connectivity index (χ2n) is 1.88. The first kappa shape index (κ1) is 7.31. The van der Waals surface area contributed by atoms with Gasteiger partial charge in [-0.1, -0.05) is 0 Å². The van der Waals surface area contributed by atoms with Crippen LogP contribution >= 0.6 is 0 Å². The molecular weight excluding hydrogens is 128 g/mol. The predicted octanol–water partition coefficient (Wildman–Crippen LogP) is -0.594. The molecular formula is C5H7B2NO2. The van der Waals surface area contributed by atoms with E-state index in [1.165, 1.54) is 0 Å². The summed E-state index contributed by atoms with van der Waals surface area (Å²) in [6.07, 6.45) is 0. The van der Waals surface area contributed by atoms with Gasteiger partial charge in [0.2, 0.25) is 0 Å². The molecule has 10 heavy (non-hydrogen) atoms. The first-order valence-electron chi connectivity index (χ1n) is 2.97. The van der Waals surface area contributed by atoms with E-state index in [1.54, 1.807) is 13.0 Å². The van der Waals surface area contributed by atoms with Crippen molar-refractivity contribution < 1.29 is 10.0 Å². The van der Waals surface area contributed by atoms with Crippen molar-refractivity contribution in [2.45, 2.75) is 0 Å². The molecule has 1 heterocycles. The molecule has 0 bridgehead atoms. The fourth-order valence-corrected chi connectivity index (χ4v) is 0.683. The third kappa shape index (κ3) is 2.21. The quantitative estimate of drug-likeness (QED) is 0.474. The summed E-state index contributed by atoms with van der Waals surface area (Å²) in [6, 6.07) is 5.42. The molecule has 5 heteroatoms. The molecule has 0 aliphatic rings. The molecule has 0 spiro atoms. The molecule has 0 aliphatic carbocycles. The second-order valence-corrected chi connectivity index (χ2v) is 1.88. The first-order chi connectivity index (χ1) is 4.79. The van der Waals surface area contributed by atoms with Crippen LogP contribution in [0.1, 0.15) is 0 Å². The molecule has 0 aromatic carbocycles. The molecule has 0 atom stereocenters. The minimum absolute atomic E-state index is 0.692. The van der Waals surface area contributed by atoms with Gasteiger partial charge in [0.05, 0.1) is 0 Å². The molecule has 1 aromatic heterocycles. The summed E-state index contributed by atoms with van der Waals surface area (Å²) >= 11 is 0. The number of hydrogen-bond donors (Lipinski definition) is 3. The Hall–Kier alpha value is -0.800. The monoisotopic (exact) mass is 135 g/mol. The molecule has 0 amide bonds. The molecule has 50 valence electrons. The zero-order valence-electron chi connectivity index (χ0n) is 5.36. The Morgan fingerprint density at radius 2 is 2.20 bits per heavy atom. The predicted molar refractivity (Wildman–Crippen MR) is 41.6 cm³/mol. The van der Waals surface area contributed by atoms with E-state index in [4.69, 9.17) is 10.0 Å². The average molecular weight is 135 g/mol. The number of hydrogen-bond acceptors (Lipinski definition) is 3. The van der Waals surface area contributed by atoms with Gasteiger partial charge in [0.1, 0.15) is 0 Å². The summed E-state index contributed by atoms with van der Waals surface area (Å²) in [5.41, 5.74) is 0.692. The van der Waals surface area contributed by atoms with Crippen LogP contribution in [-0.2, 0) is 0 Å². The third-order valence-corrected chi connectivity index (χ3v) is 1.07. The van der Waals surface area contributed by atoms with Crippen LogP contribution in [0.5, 0.6) is 0 Å². The Labute approximate surface area is 60.1 Å². The van der Waals surface area contributed by atoms with E-state index in [0.717, 1.165) is 0 Å². The summed E-state index contributed by atoms with van der Waals surface area (Å²) in [5, 5.41) is 19.3. The fraction of sp³-hybridized carbons (Fsp3) is 0. The minimum atomic E-state index is -1.48. The van der Waals surface area contributed by atoms with Crippen molar-refractivity contribution in [3.8, 4) is 0 Å². The van der Waals surface area contributed by atoms with Gasteiger partial charge in [0.25, 0.3) is 0 Å². The summed E-state index contributed by atoms with van der Waals surface area (Å²) in [7, 11) is -1.48. The van der Waals surface area contributed by atoms with Crippen LogP contribution < -0.4 is 5.23 Å². The molecule has 3 N–H and O–H groups in total. The zero-order valence-corrected chi connectivity index (χ0v) is 5.36. The van der Waals surface area contributed by atoms with Gasteiger partial charge in [-0.2, -0.15) is 0 Å². The summed E-state index contributed by atoms with van der Waals surface area (Å²) < 4.78 is 0. The molecule has 0 unspecified atom stereocenters. The third-order valence-electron chi connectivity index (χ3n) is 1.07. The molecule has 0 saturated carbocycles. The average Bonchev–Trinajstić information content (AvgIpc) is 1.88. The van der Waals surface area contributed by atoms with Gasteiger partial charge in [-0.3, -0.25) is 0 Å². The normalized spacial score (nSPS) is 8.60. The van der Waals surface area contributed by atoms with Crippen LogP contribution in [0.2, 0.25) is 0 Å². The Bertz CT molecular complexity index is 192. The van der Waals surface area contributed by atoms with E-state index in [0.29, 0.717) is 5.58 Å². The molecule has 0 saturated heterocycles. The SMILES string of the molecule is OB(O)Nc1bcccc1. The topological polar surface area (TPSA) is 52.5 Å². The van der Waals surface area contributed by atoms with Crippen LogP contribution in [-0.4, -0.2) is 24.2 Å². The standard InChI is InChI=1S/C5H7B2NO2/c9-7(10)8-5-3-1-2-4-6-5/h1-4,8-10H. The summed E-state index contributed by atoms with van der Waals surface area (Å²) in [4.78, 5) is 0. The molecule has 0 radical (unpaired) electrons. The van der Waals surface area contributed by atoms with Gasteiger partial charge >= 0.3 is 59.2 Å². The van der Waals surface area contributed by atoms with Crippen LogP contribution in [0, 0.1) is 0 Å². The van der Waals surface area contributed by atoms with Crippen LogP contribution in [0.4, 0.5) is 5.58 Å². The second kappa shape index (κ2) is 3.39. The maximum atomic E-state index is 8.45. The van der Waals surface area contributed by atoms with Crippen molar-refractivity contribution in [2.75, 3.05) is 5.23 Å². The molecule has 1 rings (SSSR count). The van der Waals surface area contributed by atoms with Gasteiger partial charge in [-0.15, -0.1) is 0 Å². The van der Waals surface area contributed by atoms with Crippen molar-refractivity contribution in [3.63, 3.8) is 0 Å². The molecule has 3 nitrogen and oxygen atoms in total. The van der Waals surface area contributed by atoms with Gasteiger partial charge in [0, 0.05) is 0 Å². The van der Waals surface area contributed by atoms with Crippen molar-refractivity contribution in [1.82, 2.24) is 0 Å². The van der Waals surface area contributed by atoms with Gasteiger partial charge in [-0.05, 0) is 0 Å². The van der Waals surface area contributed by atoms with Crippen molar-refractivity contribution in [2.24, 2.45) is 0 Å². The maximum absolute atomic E-state index is 8.45. The molecule has 1 aromatic rings. The van der Waals surface area contributed by atoms with E-state index >= 15 is 0 Å². The Balaban J connectivity index is 2.59. The van der Waals surface area contributed by atoms with Crippen LogP contribution in [0.15, 0.2) is 24.2 Å². The zero-order chi connectivity index (χ0) is 7.40. The van der Waals surface area contributed by atoms with E-state index in [1.807, 2.05) is 18.1 Å². The Morgan fingerprint density at radius 1 is 1.40 bits per heavy atom. The van der Waals surface area contributed by atoms with Gasteiger partial charge in [-0.25, -0.2) is 0 Å². The summed E-state index contributed by atoms with van der Waals surface area (Å²) in [5.74, 6) is 1.81. The van der Waals surface area contributed by atoms with Crippen molar-refractivity contribution in [3.05, 3.63) is 24.2 Å². The first-order valence-corrected chi connectivity index (χ1v) is 2.97. The number of nitrogens with one attached hydrogen (secondary N) is 1. The van der Waals surface area contributed by atoms with Crippen molar-refractivity contribution >= 4 is 19.7 Å². The molecule has 0 aliphatic heterocycles. The van der Waals surface area contributed by atoms with E-state index in [9.17, 15) is 0 Å². The van der Waals surface area contributed by atoms with Crippen molar-refractivity contribution in [1.29, 1.82) is 0 Å². The van der Waals surface area contributed by atoms with Crippen LogP contribution in [0.3, 0.4) is 0 Å². The van der Waals surface area contributed by atoms with Crippen LogP contribution in [0.25, 0.3) is 0 Å². The van der Waals surface area contributed by atoms with E-state index in [2.05, 4.69) is 5.23 Å². The van der Waals surface area contributed by atoms with E-state index in [-0.39, 0.29) is 0 Å². The summed E-state index contributed by atoms with van der Waals surface area (Å²) in [6.45, 7) is 1.75.